The maximum Gasteiger partial charge on any atom is 0.273 e. The fraction of sp³-hybridized carbons (Fsp3) is 0.300. The van der Waals surface area contributed by atoms with Crippen molar-refractivity contribution < 1.29 is 9.59 Å². The van der Waals surface area contributed by atoms with Gasteiger partial charge in [0.2, 0.25) is 0 Å². The standard InChI is InChI=1S/C28H29N9O2.C2H6/c29-12-24(35-31)28(39)36-19-7-8-20(36)11-18(10-19)25-22(15-38)26(30)37-27(34-25)21(14-33-37)17-6-9-23(32-13-17)16-4-2-1-3-5-16;1-2/h1-6,9,12-15,18-20,35H,7-8,10-11,29-31H2;1-2H3/b24-12-;. The molecule has 2 aliphatic rings. The molecule has 2 atom stereocenters. The number of pyridine rings is 1. The van der Waals surface area contributed by atoms with Crippen molar-refractivity contribution in [3.05, 3.63) is 78.0 Å². The van der Waals surface area contributed by atoms with Crippen LogP contribution >= 0.6 is 0 Å². The van der Waals surface area contributed by atoms with Gasteiger partial charge in [-0.25, -0.2) is 4.98 Å². The van der Waals surface area contributed by atoms with Gasteiger partial charge in [0.25, 0.3) is 5.91 Å². The van der Waals surface area contributed by atoms with Crippen LogP contribution in [0.4, 0.5) is 5.82 Å². The number of nitrogens with two attached hydrogens (primary N) is 3. The molecule has 212 valence electrons. The van der Waals surface area contributed by atoms with Crippen molar-refractivity contribution in [3.8, 4) is 22.4 Å². The molecule has 7 N–H and O–H groups in total. The first-order chi connectivity index (χ1) is 20.0. The molecule has 11 heteroatoms. The zero-order valence-corrected chi connectivity index (χ0v) is 23.2. The van der Waals surface area contributed by atoms with Crippen LogP contribution in [0.1, 0.15) is 61.5 Å². The summed E-state index contributed by atoms with van der Waals surface area (Å²) in [6, 6.07) is 13.9. The molecule has 6 rings (SSSR count). The number of nitrogens with zero attached hydrogens (tertiary/aromatic N) is 5. The highest BCUT2D eigenvalue weighted by Crippen LogP contribution is 2.44. The Morgan fingerprint density at radius 1 is 1.02 bits per heavy atom. The van der Waals surface area contributed by atoms with Crippen LogP contribution in [0.5, 0.6) is 0 Å². The number of anilines is 1. The lowest BCUT2D eigenvalue weighted by atomic mass is 9.86. The second-order valence-corrected chi connectivity index (χ2v) is 10.00. The van der Waals surface area contributed by atoms with Gasteiger partial charge in [0.1, 0.15) is 11.5 Å². The molecule has 0 aliphatic carbocycles. The highest BCUT2D eigenvalue weighted by atomic mass is 16.2. The van der Waals surface area contributed by atoms with Crippen LogP contribution in [-0.2, 0) is 4.79 Å². The van der Waals surface area contributed by atoms with E-state index in [-0.39, 0.29) is 35.4 Å². The largest absolute Gasteiger partial charge is 0.403 e. The first-order valence-corrected chi connectivity index (χ1v) is 13.9. The van der Waals surface area contributed by atoms with Gasteiger partial charge < -0.3 is 21.8 Å². The third-order valence-electron chi connectivity index (χ3n) is 7.92. The van der Waals surface area contributed by atoms with Gasteiger partial charge in [0.05, 0.1) is 23.1 Å². The lowest BCUT2D eigenvalue weighted by Crippen LogP contribution is -2.49. The zero-order valence-electron chi connectivity index (χ0n) is 23.2. The summed E-state index contributed by atoms with van der Waals surface area (Å²) in [5, 5.41) is 4.44. The third kappa shape index (κ3) is 4.89. The van der Waals surface area contributed by atoms with Crippen molar-refractivity contribution in [1.29, 1.82) is 0 Å². The Morgan fingerprint density at radius 2 is 1.73 bits per heavy atom. The predicted octanol–water partition coefficient (Wildman–Crippen LogP) is 3.38. The number of aromatic nitrogens is 4. The molecule has 1 aromatic carbocycles. The van der Waals surface area contributed by atoms with E-state index in [0.717, 1.165) is 41.5 Å². The Balaban J connectivity index is 0.00000165. The summed E-state index contributed by atoms with van der Waals surface area (Å²) >= 11 is 0. The summed E-state index contributed by atoms with van der Waals surface area (Å²) in [5.41, 5.74) is 19.7. The zero-order chi connectivity index (χ0) is 29.1. The van der Waals surface area contributed by atoms with Gasteiger partial charge in [-0.15, -0.1) is 0 Å². The second kappa shape index (κ2) is 11.8. The van der Waals surface area contributed by atoms with E-state index in [1.54, 1.807) is 12.4 Å². The molecule has 3 aromatic heterocycles. The fourth-order valence-corrected chi connectivity index (χ4v) is 6.07. The summed E-state index contributed by atoms with van der Waals surface area (Å²) in [6.45, 7) is 4.00. The number of carbonyl (C=O) groups is 2. The number of nitrogen functional groups attached to an aromatic ring is 1. The van der Waals surface area contributed by atoms with Crippen molar-refractivity contribution in [2.24, 2.45) is 11.6 Å². The van der Waals surface area contributed by atoms with Gasteiger partial charge in [-0.3, -0.25) is 20.4 Å². The smallest absolute Gasteiger partial charge is 0.273 e. The molecule has 2 saturated heterocycles. The number of aldehydes is 1. The van der Waals surface area contributed by atoms with E-state index in [2.05, 4.69) is 15.5 Å². The van der Waals surface area contributed by atoms with E-state index in [9.17, 15) is 9.59 Å². The summed E-state index contributed by atoms with van der Waals surface area (Å²) < 4.78 is 1.51. The minimum atomic E-state index is -0.214. The van der Waals surface area contributed by atoms with Gasteiger partial charge in [0.15, 0.2) is 11.9 Å². The van der Waals surface area contributed by atoms with Gasteiger partial charge >= 0.3 is 0 Å². The molecule has 0 radical (unpaired) electrons. The quantitative estimate of drug-likeness (QED) is 0.121. The molecular formula is C30H35N9O2. The SMILES string of the molecule is CC.N/C=C(\NN)C(=O)N1C2CCC1CC(c1nc3c(-c4ccc(-c5ccccc5)nc4)cnn3c(N)c1C=O)C2. The molecule has 5 heterocycles. The Kier molecular flexibility index (Phi) is 7.97. The maximum absolute atomic E-state index is 13.0. The Labute approximate surface area is 238 Å². The lowest BCUT2D eigenvalue weighted by Gasteiger charge is -2.39. The minimum Gasteiger partial charge on any atom is -0.403 e. The predicted molar refractivity (Wildman–Crippen MR) is 158 cm³/mol. The van der Waals surface area contributed by atoms with Crippen molar-refractivity contribution in [2.45, 2.75) is 57.5 Å². The van der Waals surface area contributed by atoms with Crippen molar-refractivity contribution in [2.75, 3.05) is 5.73 Å². The molecule has 2 bridgehead atoms. The number of carbonyl (C=O) groups excluding carboxylic acids is 2. The third-order valence-corrected chi connectivity index (χ3v) is 7.92. The number of nitrogens with one attached hydrogen (secondary N) is 1. The molecule has 4 aromatic rings. The Hall–Kier alpha value is -4.77. The van der Waals surface area contributed by atoms with Crippen molar-refractivity contribution in [3.63, 3.8) is 0 Å². The summed E-state index contributed by atoms with van der Waals surface area (Å²) in [5.74, 6) is 5.48. The van der Waals surface area contributed by atoms with E-state index in [1.165, 1.54) is 10.7 Å². The first-order valence-electron chi connectivity index (χ1n) is 13.9. The number of hydrazine groups is 1. The Morgan fingerprint density at radius 3 is 2.32 bits per heavy atom. The maximum atomic E-state index is 13.0. The van der Waals surface area contributed by atoms with Crippen molar-refractivity contribution in [1.82, 2.24) is 29.9 Å². The van der Waals surface area contributed by atoms with Crippen molar-refractivity contribution >= 4 is 23.7 Å². The van der Waals surface area contributed by atoms with E-state index < -0.39 is 0 Å². The van der Waals surface area contributed by atoms with Gasteiger partial charge in [-0.1, -0.05) is 50.2 Å². The molecule has 2 fully saturated rings. The number of hydrogen-bond donors (Lipinski definition) is 4. The molecule has 2 unspecified atom stereocenters. The van der Waals surface area contributed by atoms with Gasteiger partial charge in [0, 0.05) is 47.1 Å². The van der Waals surface area contributed by atoms with Crippen LogP contribution in [-0.4, -0.2) is 48.8 Å². The van der Waals surface area contributed by atoms with E-state index in [1.807, 2.05) is 61.2 Å². The number of rotatable bonds is 6. The molecule has 11 nitrogen and oxygen atoms in total. The highest BCUT2D eigenvalue weighted by molar-refractivity contribution is 5.93. The summed E-state index contributed by atoms with van der Waals surface area (Å²) in [4.78, 5) is 36.7. The van der Waals surface area contributed by atoms with Crippen LogP contribution in [0.2, 0.25) is 0 Å². The van der Waals surface area contributed by atoms with E-state index in [4.69, 9.17) is 22.3 Å². The van der Waals surface area contributed by atoms with Crippen LogP contribution in [0.15, 0.2) is 66.8 Å². The number of benzene rings is 1. The normalized spacial score (nSPS) is 19.9. The highest BCUT2D eigenvalue weighted by Gasteiger charge is 2.45. The summed E-state index contributed by atoms with van der Waals surface area (Å²) in [7, 11) is 0. The summed E-state index contributed by atoms with van der Waals surface area (Å²) in [6.07, 6.45) is 8.47. The number of amides is 1. The van der Waals surface area contributed by atoms with Crippen LogP contribution in [0.3, 0.4) is 0 Å². The monoisotopic (exact) mass is 553 g/mol. The van der Waals surface area contributed by atoms with E-state index >= 15 is 0 Å². The molecule has 1 amide bonds. The van der Waals surface area contributed by atoms with E-state index in [0.29, 0.717) is 29.7 Å². The lowest BCUT2D eigenvalue weighted by molar-refractivity contribution is -0.132. The number of hydrogen-bond acceptors (Lipinski definition) is 9. The molecule has 0 spiro atoms. The molecule has 41 heavy (non-hydrogen) atoms. The fourth-order valence-electron chi connectivity index (χ4n) is 6.07. The molecule has 2 aliphatic heterocycles. The molecule has 0 saturated carbocycles. The topological polar surface area (TPSA) is 171 Å². The minimum absolute atomic E-state index is 0.0117. The molecular weight excluding hydrogens is 518 g/mol. The van der Waals surface area contributed by atoms with Gasteiger partial charge in [-0.05, 0) is 31.7 Å². The van der Waals surface area contributed by atoms with Crippen LogP contribution in [0, 0.1) is 0 Å². The average molecular weight is 554 g/mol. The number of piperidine rings is 1. The van der Waals surface area contributed by atoms with Crippen LogP contribution < -0.4 is 22.7 Å². The Bertz CT molecular complexity index is 1570. The average Bonchev–Trinajstić information content (AvgIpc) is 3.57. The second-order valence-electron chi connectivity index (χ2n) is 10.00. The number of fused-ring (bicyclic) bond motifs is 3. The van der Waals surface area contributed by atoms with Gasteiger partial charge in [-0.2, -0.15) is 9.61 Å². The first kappa shape index (κ1) is 27.8. The van der Waals surface area contributed by atoms with Crippen LogP contribution in [0.25, 0.3) is 28.0 Å².